The van der Waals surface area contributed by atoms with Crippen LogP contribution < -0.4 is 9.47 Å². The Morgan fingerprint density at radius 2 is 1.42 bits per heavy atom. The van der Waals surface area contributed by atoms with Gasteiger partial charge in [0, 0.05) is 12.0 Å². The highest BCUT2D eigenvalue weighted by molar-refractivity contribution is 5.78. The third-order valence-corrected chi connectivity index (χ3v) is 5.54. The number of aryl methyl sites for hydroxylation is 5. The highest BCUT2D eigenvalue weighted by atomic mass is 19.1. The average molecular weight is 423 g/mol. The van der Waals surface area contributed by atoms with Crippen molar-refractivity contribution in [2.24, 2.45) is 0 Å². The zero-order chi connectivity index (χ0) is 22.5. The molecular formula is C26H31FN2O2. The molecule has 3 aromatic rings. The SMILES string of the molecule is CCc1nc(-c2c(OC)cc(CCF)cc2OC)c(CC)nc1-c1cc(C)ccc1C. The van der Waals surface area contributed by atoms with Gasteiger partial charge in [0.2, 0.25) is 0 Å². The van der Waals surface area contributed by atoms with E-state index in [0.29, 0.717) is 24.3 Å². The molecule has 0 fully saturated rings. The van der Waals surface area contributed by atoms with Gasteiger partial charge in [0.15, 0.2) is 0 Å². The molecule has 0 bridgehead atoms. The lowest BCUT2D eigenvalue weighted by Gasteiger charge is -2.19. The molecule has 5 heteroatoms. The fourth-order valence-electron chi connectivity index (χ4n) is 3.86. The molecule has 0 saturated carbocycles. The maximum Gasteiger partial charge on any atom is 0.132 e. The van der Waals surface area contributed by atoms with E-state index in [2.05, 4.69) is 45.9 Å². The van der Waals surface area contributed by atoms with Gasteiger partial charge in [-0.05, 0) is 56.0 Å². The normalized spacial score (nSPS) is 10.9. The fourth-order valence-corrected chi connectivity index (χ4v) is 3.86. The summed E-state index contributed by atoms with van der Waals surface area (Å²) in [4.78, 5) is 10.2. The number of hydrogen-bond acceptors (Lipinski definition) is 4. The monoisotopic (exact) mass is 422 g/mol. The average Bonchev–Trinajstić information content (AvgIpc) is 2.79. The third-order valence-electron chi connectivity index (χ3n) is 5.54. The molecule has 0 saturated heterocycles. The van der Waals surface area contributed by atoms with Crippen molar-refractivity contribution >= 4 is 0 Å². The summed E-state index contributed by atoms with van der Waals surface area (Å²) < 4.78 is 24.3. The molecular weight excluding hydrogens is 391 g/mol. The van der Waals surface area contributed by atoms with Gasteiger partial charge in [-0.15, -0.1) is 0 Å². The van der Waals surface area contributed by atoms with E-state index in [4.69, 9.17) is 19.4 Å². The molecule has 0 aliphatic carbocycles. The van der Waals surface area contributed by atoms with E-state index in [0.717, 1.165) is 45.9 Å². The zero-order valence-corrected chi connectivity index (χ0v) is 19.3. The van der Waals surface area contributed by atoms with Gasteiger partial charge in [-0.2, -0.15) is 0 Å². The zero-order valence-electron chi connectivity index (χ0n) is 19.3. The Kier molecular flexibility index (Phi) is 7.26. The van der Waals surface area contributed by atoms with Gasteiger partial charge in [0.1, 0.15) is 11.5 Å². The van der Waals surface area contributed by atoms with E-state index < -0.39 is 6.67 Å². The molecule has 0 N–H and O–H groups in total. The molecule has 2 aromatic carbocycles. The van der Waals surface area contributed by atoms with Crippen LogP contribution in [-0.2, 0) is 19.3 Å². The molecule has 0 atom stereocenters. The standard InChI is InChI=1S/C26H31FN2O2/c1-7-20-25(19-13-16(3)9-10-17(19)4)28-21(8-2)26(29-20)24-22(30-5)14-18(11-12-27)15-23(24)31-6/h9-10,13-15H,7-8,11-12H2,1-6H3. The molecule has 0 unspecified atom stereocenters. The van der Waals surface area contributed by atoms with Crippen molar-refractivity contribution in [3.8, 4) is 34.0 Å². The Morgan fingerprint density at radius 3 is 1.97 bits per heavy atom. The predicted molar refractivity (Wildman–Crippen MR) is 124 cm³/mol. The van der Waals surface area contributed by atoms with E-state index in [1.807, 2.05) is 12.1 Å². The highest BCUT2D eigenvalue weighted by Crippen LogP contribution is 2.41. The molecule has 0 radical (unpaired) electrons. The maximum absolute atomic E-state index is 13.0. The number of alkyl halides is 1. The van der Waals surface area contributed by atoms with Gasteiger partial charge in [0.25, 0.3) is 0 Å². The Balaban J connectivity index is 2.29. The van der Waals surface area contributed by atoms with Gasteiger partial charge < -0.3 is 9.47 Å². The topological polar surface area (TPSA) is 44.2 Å². The molecule has 0 amide bonds. The summed E-state index contributed by atoms with van der Waals surface area (Å²) in [6.07, 6.45) is 1.77. The van der Waals surface area contributed by atoms with Crippen LogP contribution >= 0.6 is 0 Å². The largest absolute Gasteiger partial charge is 0.496 e. The maximum atomic E-state index is 13.0. The quantitative estimate of drug-likeness (QED) is 0.441. The minimum absolute atomic E-state index is 0.311. The van der Waals surface area contributed by atoms with Crippen molar-refractivity contribution < 1.29 is 13.9 Å². The van der Waals surface area contributed by atoms with Gasteiger partial charge in [0.05, 0.1) is 49.2 Å². The number of ether oxygens (including phenoxy) is 2. The lowest BCUT2D eigenvalue weighted by molar-refractivity contribution is 0.395. The first-order valence-corrected chi connectivity index (χ1v) is 10.8. The van der Waals surface area contributed by atoms with E-state index in [1.54, 1.807) is 14.2 Å². The summed E-state index contributed by atoms with van der Waals surface area (Å²) in [6, 6.07) is 10.1. The fraction of sp³-hybridized carbons (Fsp3) is 0.385. The second-order valence-electron chi connectivity index (χ2n) is 7.65. The minimum Gasteiger partial charge on any atom is -0.496 e. The number of rotatable bonds is 8. The molecule has 0 spiro atoms. The lowest BCUT2D eigenvalue weighted by Crippen LogP contribution is -2.07. The lowest BCUT2D eigenvalue weighted by atomic mass is 9.98. The van der Waals surface area contributed by atoms with Crippen molar-refractivity contribution in [2.45, 2.75) is 47.0 Å². The second kappa shape index (κ2) is 9.90. The summed E-state index contributed by atoms with van der Waals surface area (Å²) >= 11 is 0. The molecule has 0 aliphatic heterocycles. The Bertz CT molecular complexity index is 1050. The van der Waals surface area contributed by atoms with E-state index >= 15 is 0 Å². The first-order chi connectivity index (χ1) is 15.0. The van der Waals surface area contributed by atoms with Crippen LogP contribution in [0.4, 0.5) is 4.39 Å². The van der Waals surface area contributed by atoms with Crippen LogP contribution in [-0.4, -0.2) is 30.9 Å². The van der Waals surface area contributed by atoms with Crippen molar-refractivity contribution in [1.82, 2.24) is 9.97 Å². The second-order valence-corrected chi connectivity index (χ2v) is 7.65. The molecule has 1 aromatic heterocycles. The minimum atomic E-state index is -0.434. The van der Waals surface area contributed by atoms with Crippen molar-refractivity contribution in [2.75, 3.05) is 20.9 Å². The van der Waals surface area contributed by atoms with Crippen molar-refractivity contribution in [1.29, 1.82) is 0 Å². The van der Waals surface area contributed by atoms with Gasteiger partial charge in [-0.25, -0.2) is 9.97 Å². The number of hydrogen-bond donors (Lipinski definition) is 0. The van der Waals surface area contributed by atoms with Crippen molar-refractivity contribution in [3.05, 3.63) is 58.4 Å². The number of halogens is 1. The summed E-state index contributed by atoms with van der Waals surface area (Å²) in [5.41, 5.74) is 8.56. The van der Waals surface area contributed by atoms with Crippen LogP contribution in [0.15, 0.2) is 30.3 Å². The number of nitrogens with zero attached hydrogens (tertiary/aromatic N) is 2. The number of benzene rings is 2. The summed E-state index contributed by atoms with van der Waals surface area (Å²) in [5, 5.41) is 0. The van der Waals surface area contributed by atoms with Gasteiger partial charge in [-0.1, -0.05) is 31.5 Å². The smallest absolute Gasteiger partial charge is 0.132 e. The third kappa shape index (κ3) is 4.55. The van der Waals surface area contributed by atoms with Crippen molar-refractivity contribution in [3.63, 3.8) is 0 Å². The molecule has 4 nitrogen and oxygen atoms in total. The Hall–Kier alpha value is -2.95. The number of methoxy groups -OCH3 is 2. The van der Waals surface area contributed by atoms with Crippen LogP contribution in [0.5, 0.6) is 11.5 Å². The molecule has 164 valence electrons. The van der Waals surface area contributed by atoms with E-state index in [9.17, 15) is 4.39 Å². The van der Waals surface area contributed by atoms with Gasteiger partial charge >= 0.3 is 0 Å². The molecule has 31 heavy (non-hydrogen) atoms. The summed E-state index contributed by atoms with van der Waals surface area (Å²) in [6.45, 7) is 7.92. The first kappa shape index (κ1) is 22.7. The van der Waals surface area contributed by atoms with Crippen LogP contribution in [0.25, 0.3) is 22.5 Å². The molecule has 0 aliphatic rings. The molecule has 3 rings (SSSR count). The van der Waals surface area contributed by atoms with E-state index in [-0.39, 0.29) is 0 Å². The van der Waals surface area contributed by atoms with Gasteiger partial charge in [-0.3, -0.25) is 4.39 Å². The van der Waals surface area contributed by atoms with Crippen LogP contribution in [0.1, 0.15) is 41.9 Å². The summed E-state index contributed by atoms with van der Waals surface area (Å²) in [7, 11) is 3.23. The predicted octanol–water partition coefficient (Wildman–Crippen LogP) is 6.08. The first-order valence-electron chi connectivity index (χ1n) is 10.8. The summed E-state index contributed by atoms with van der Waals surface area (Å²) in [5.74, 6) is 1.24. The van der Waals surface area contributed by atoms with E-state index in [1.165, 1.54) is 11.1 Å². The van der Waals surface area contributed by atoms with Crippen LogP contribution in [0.3, 0.4) is 0 Å². The molecule has 1 heterocycles. The Labute approximate surface area is 184 Å². The van der Waals surface area contributed by atoms with Crippen LogP contribution in [0, 0.1) is 13.8 Å². The number of aromatic nitrogens is 2. The highest BCUT2D eigenvalue weighted by Gasteiger charge is 2.22. The Morgan fingerprint density at radius 1 is 0.839 bits per heavy atom. The van der Waals surface area contributed by atoms with Crippen LogP contribution in [0.2, 0.25) is 0 Å².